The number of ketones is 1. The third-order valence-electron chi connectivity index (χ3n) is 12.6. The standard InChI is InChI=1S/C33H50N2O3/c1-32-19-17-25(36)21-22(32)13-14-26-27-15-16-29(33(27,2)20-18-28(26)32)30(37)35(24-11-7-4-8-12-24)31(38)34-23-9-5-3-6-10-23/h21,23-24,26-29H,3-20H2,1-2H3,(H,34,38)/t26?,27?,28?,29?,32-,33-/m0/s1. The summed E-state index contributed by atoms with van der Waals surface area (Å²) in [5.74, 6) is 2.25. The van der Waals surface area contributed by atoms with Gasteiger partial charge in [0.15, 0.2) is 5.78 Å². The minimum Gasteiger partial charge on any atom is -0.335 e. The molecule has 38 heavy (non-hydrogen) atoms. The summed E-state index contributed by atoms with van der Waals surface area (Å²) >= 11 is 0. The van der Waals surface area contributed by atoms with Crippen LogP contribution in [0.5, 0.6) is 0 Å². The molecule has 0 radical (unpaired) electrons. The van der Waals surface area contributed by atoms with Crippen LogP contribution in [0.15, 0.2) is 11.6 Å². The molecular weight excluding hydrogens is 472 g/mol. The average Bonchev–Trinajstić information content (AvgIpc) is 3.27. The highest BCUT2D eigenvalue weighted by Crippen LogP contribution is 2.66. The number of imide groups is 1. The van der Waals surface area contributed by atoms with E-state index in [1.54, 1.807) is 4.90 Å². The second-order valence-electron chi connectivity index (χ2n) is 14.4. The Labute approximate surface area is 229 Å². The average molecular weight is 523 g/mol. The van der Waals surface area contributed by atoms with Crippen molar-refractivity contribution >= 4 is 17.7 Å². The largest absolute Gasteiger partial charge is 0.335 e. The molecule has 5 saturated carbocycles. The highest BCUT2D eigenvalue weighted by molar-refractivity contribution is 5.96. The molecule has 6 rings (SSSR count). The third-order valence-corrected chi connectivity index (χ3v) is 12.6. The normalized spacial score (nSPS) is 39.9. The van der Waals surface area contributed by atoms with Crippen LogP contribution >= 0.6 is 0 Å². The Bertz CT molecular complexity index is 977. The van der Waals surface area contributed by atoms with Crippen LogP contribution in [-0.2, 0) is 9.59 Å². The van der Waals surface area contributed by atoms with Crippen molar-refractivity contribution in [2.45, 2.75) is 142 Å². The van der Waals surface area contributed by atoms with Gasteiger partial charge in [-0.15, -0.1) is 0 Å². The summed E-state index contributed by atoms with van der Waals surface area (Å²) in [6, 6.07) is 0.200. The molecule has 0 aromatic rings. The van der Waals surface area contributed by atoms with Gasteiger partial charge in [-0.1, -0.05) is 57.9 Å². The topological polar surface area (TPSA) is 66.5 Å². The van der Waals surface area contributed by atoms with Crippen LogP contribution in [0.3, 0.4) is 0 Å². The summed E-state index contributed by atoms with van der Waals surface area (Å²) in [4.78, 5) is 42.2. The number of allylic oxidation sites excluding steroid dienone is 1. The van der Waals surface area contributed by atoms with Crippen LogP contribution in [0.25, 0.3) is 0 Å². The van der Waals surface area contributed by atoms with E-state index >= 15 is 0 Å². The number of hydrogen-bond acceptors (Lipinski definition) is 3. The fourth-order valence-corrected chi connectivity index (χ4v) is 10.4. The number of carbonyl (C=O) groups is 3. The fourth-order valence-electron chi connectivity index (χ4n) is 10.4. The monoisotopic (exact) mass is 522 g/mol. The molecule has 6 aliphatic rings. The smallest absolute Gasteiger partial charge is 0.324 e. The number of nitrogens with one attached hydrogen (secondary N) is 1. The van der Waals surface area contributed by atoms with Gasteiger partial charge in [0, 0.05) is 24.4 Å². The summed E-state index contributed by atoms with van der Waals surface area (Å²) < 4.78 is 0. The molecule has 4 unspecified atom stereocenters. The molecule has 0 aromatic carbocycles. The van der Waals surface area contributed by atoms with E-state index in [1.807, 2.05) is 6.08 Å². The van der Waals surface area contributed by atoms with Crippen molar-refractivity contribution in [2.75, 3.05) is 0 Å². The van der Waals surface area contributed by atoms with Crippen molar-refractivity contribution in [3.63, 3.8) is 0 Å². The van der Waals surface area contributed by atoms with Gasteiger partial charge in [0.25, 0.3) is 0 Å². The van der Waals surface area contributed by atoms with Crippen molar-refractivity contribution in [1.29, 1.82) is 0 Å². The van der Waals surface area contributed by atoms with Gasteiger partial charge in [-0.2, -0.15) is 0 Å². The van der Waals surface area contributed by atoms with Gasteiger partial charge in [-0.25, -0.2) is 4.79 Å². The lowest BCUT2D eigenvalue weighted by atomic mass is 9.47. The fraction of sp³-hybridized carbons (Fsp3) is 0.848. The van der Waals surface area contributed by atoms with Crippen molar-refractivity contribution in [3.05, 3.63) is 11.6 Å². The predicted octanol–water partition coefficient (Wildman–Crippen LogP) is 7.34. The summed E-state index contributed by atoms with van der Waals surface area (Å²) in [5, 5.41) is 3.32. The molecule has 3 amide bonds. The van der Waals surface area contributed by atoms with Gasteiger partial charge in [0.2, 0.25) is 5.91 Å². The molecule has 1 N–H and O–H groups in total. The molecule has 0 aromatic heterocycles. The van der Waals surface area contributed by atoms with Crippen LogP contribution in [0, 0.1) is 34.5 Å². The van der Waals surface area contributed by atoms with E-state index < -0.39 is 0 Å². The Balaban J connectivity index is 1.23. The Kier molecular flexibility index (Phi) is 7.27. The molecule has 5 nitrogen and oxygen atoms in total. The van der Waals surface area contributed by atoms with Gasteiger partial charge in [0.05, 0.1) is 0 Å². The van der Waals surface area contributed by atoms with Crippen LogP contribution < -0.4 is 5.32 Å². The molecule has 6 aliphatic carbocycles. The lowest BCUT2D eigenvalue weighted by Gasteiger charge is -2.58. The van der Waals surface area contributed by atoms with Crippen LogP contribution in [0.4, 0.5) is 4.79 Å². The molecule has 210 valence electrons. The minimum atomic E-state index is -0.0960. The predicted molar refractivity (Wildman–Crippen MR) is 149 cm³/mol. The first-order chi connectivity index (χ1) is 18.3. The van der Waals surface area contributed by atoms with Crippen molar-refractivity contribution in [2.24, 2.45) is 34.5 Å². The first-order valence-electron chi connectivity index (χ1n) is 16.2. The third kappa shape index (κ3) is 4.48. The van der Waals surface area contributed by atoms with E-state index in [0.717, 1.165) is 83.5 Å². The van der Waals surface area contributed by atoms with E-state index in [9.17, 15) is 14.4 Å². The van der Waals surface area contributed by atoms with Crippen molar-refractivity contribution < 1.29 is 14.4 Å². The Morgan fingerprint density at radius 1 is 0.816 bits per heavy atom. The molecule has 0 saturated heterocycles. The maximum atomic E-state index is 14.5. The van der Waals surface area contributed by atoms with Crippen LogP contribution in [0.1, 0.15) is 129 Å². The lowest BCUT2D eigenvalue weighted by Crippen LogP contribution is -2.57. The van der Waals surface area contributed by atoms with Gasteiger partial charge in [-0.3, -0.25) is 14.5 Å². The number of carbonyl (C=O) groups excluding carboxylic acids is 3. The molecule has 5 fully saturated rings. The zero-order valence-corrected chi connectivity index (χ0v) is 23.9. The SMILES string of the molecule is C[C@]12CCC3C(CCC4=CC(=O)CC[C@@]43C)C1CCC2C(=O)N(C(=O)NC1CCCCC1)C1CCCCC1. The Hall–Kier alpha value is -1.65. The lowest BCUT2D eigenvalue weighted by molar-refractivity contribution is -0.142. The maximum Gasteiger partial charge on any atom is 0.324 e. The second-order valence-corrected chi connectivity index (χ2v) is 14.4. The zero-order valence-electron chi connectivity index (χ0n) is 23.9. The quantitative estimate of drug-likeness (QED) is 0.422. The highest BCUT2D eigenvalue weighted by Gasteiger charge is 2.61. The van der Waals surface area contributed by atoms with E-state index in [0.29, 0.717) is 30.0 Å². The molecule has 0 spiro atoms. The molecule has 0 heterocycles. The summed E-state index contributed by atoms with van der Waals surface area (Å²) in [5.41, 5.74) is 1.55. The van der Waals surface area contributed by atoms with Crippen molar-refractivity contribution in [3.8, 4) is 0 Å². The number of rotatable bonds is 3. The number of hydrogen-bond donors (Lipinski definition) is 1. The van der Waals surface area contributed by atoms with E-state index in [2.05, 4.69) is 19.2 Å². The first-order valence-corrected chi connectivity index (χ1v) is 16.2. The van der Waals surface area contributed by atoms with Crippen molar-refractivity contribution in [1.82, 2.24) is 10.2 Å². The number of urea groups is 1. The molecule has 0 bridgehead atoms. The maximum absolute atomic E-state index is 14.5. The van der Waals surface area contributed by atoms with E-state index in [-0.39, 0.29) is 40.8 Å². The summed E-state index contributed by atoms with van der Waals surface area (Å²) in [6.07, 6.45) is 21.3. The number of nitrogens with zero attached hydrogens (tertiary/aromatic N) is 1. The van der Waals surface area contributed by atoms with Crippen LogP contribution in [-0.4, -0.2) is 34.7 Å². The molecule has 0 aliphatic heterocycles. The van der Waals surface area contributed by atoms with E-state index in [1.165, 1.54) is 31.3 Å². The van der Waals surface area contributed by atoms with Gasteiger partial charge < -0.3 is 5.32 Å². The second kappa shape index (κ2) is 10.4. The summed E-state index contributed by atoms with van der Waals surface area (Å²) in [6.45, 7) is 4.84. The molecule has 6 atom stereocenters. The summed E-state index contributed by atoms with van der Waals surface area (Å²) in [7, 11) is 0. The molecule has 5 heteroatoms. The van der Waals surface area contributed by atoms with E-state index in [4.69, 9.17) is 0 Å². The minimum absolute atomic E-state index is 0.0155. The first kappa shape index (κ1) is 26.6. The van der Waals surface area contributed by atoms with Gasteiger partial charge >= 0.3 is 6.03 Å². The Morgan fingerprint density at radius 2 is 1.53 bits per heavy atom. The van der Waals surface area contributed by atoms with Crippen LogP contribution in [0.2, 0.25) is 0 Å². The highest BCUT2D eigenvalue weighted by atomic mass is 16.2. The number of fused-ring (bicyclic) bond motifs is 5. The molecular formula is C33H50N2O3. The Morgan fingerprint density at radius 3 is 2.26 bits per heavy atom. The van der Waals surface area contributed by atoms with Gasteiger partial charge in [-0.05, 0) is 105 Å². The zero-order chi connectivity index (χ0) is 26.5. The van der Waals surface area contributed by atoms with Gasteiger partial charge in [0.1, 0.15) is 0 Å². The number of amides is 3.